The second-order valence-corrected chi connectivity index (χ2v) is 8.56. The summed E-state index contributed by atoms with van der Waals surface area (Å²) in [5.41, 5.74) is 6.44. The van der Waals surface area contributed by atoms with Crippen molar-refractivity contribution in [1.82, 2.24) is 4.90 Å². The Hall–Kier alpha value is -0.930. The molecule has 1 amide bonds. The van der Waals surface area contributed by atoms with Gasteiger partial charge in [0.25, 0.3) is 5.91 Å². The first-order chi connectivity index (χ1) is 9.17. The Morgan fingerprint density at radius 3 is 2.50 bits per heavy atom. The highest BCUT2D eigenvalue weighted by Gasteiger charge is 2.21. The predicted octanol–water partition coefficient (Wildman–Crippen LogP) is 1.21. The van der Waals surface area contributed by atoms with Gasteiger partial charge in [0.05, 0.1) is 16.3 Å². The summed E-state index contributed by atoms with van der Waals surface area (Å²) in [5.74, 6) is -0.116. The minimum Gasteiger partial charge on any atom is -0.396 e. The quantitative estimate of drug-likeness (QED) is 0.758. The third kappa shape index (κ3) is 4.29. The summed E-state index contributed by atoms with van der Waals surface area (Å²) in [6.45, 7) is 0.294. The molecule has 1 aromatic rings. The van der Waals surface area contributed by atoms with Crippen molar-refractivity contribution in [3.05, 3.63) is 4.88 Å². The molecule has 0 saturated heterocycles. The molecule has 0 aliphatic carbocycles. The van der Waals surface area contributed by atoms with E-state index in [4.69, 9.17) is 5.73 Å². The Balaban J connectivity index is 2.97. The Bertz CT molecular complexity index is 594. The lowest BCUT2D eigenvalue weighted by Gasteiger charge is -2.08. The number of anilines is 2. The van der Waals surface area contributed by atoms with E-state index in [0.29, 0.717) is 17.1 Å². The summed E-state index contributed by atoms with van der Waals surface area (Å²) in [5, 5.41) is 3.78. The smallest absolute Gasteiger partial charge is 0.265 e. The van der Waals surface area contributed by atoms with E-state index in [2.05, 4.69) is 5.32 Å². The van der Waals surface area contributed by atoms with Crippen LogP contribution in [0.5, 0.6) is 0 Å². The molecule has 3 N–H and O–H groups in total. The molecule has 0 unspecified atom stereocenters. The molecule has 0 saturated carbocycles. The van der Waals surface area contributed by atoms with Gasteiger partial charge in [-0.3, -0.25) is 4.79 Å². The Labute approximate surface area is 127 Å². The average molecular weight is 337 g/mol. The molecule has 1 heterocycles. The topological polar surface area (TPSA) is 92.5 Å². The van der Waals surface area contributed by atoms with Crippen LogP contribution in [0.2, 0.25) is 0 Å². The normalized spacial score (nSPS) is 11.4. The number of hydrogen-bond donors (Lipinski definition) is 2. The second kappa shape index (κ2) is 6.68. The molecule has 0 fully saturated rings. The number of nitrogens with zero attached hydrogens (tertiary/aromatic N) is 1. The fraction of sp³-hybridized carbons (Fsp3) is 0.545. The monoisotopic (exact) mass is 337 g/mol. The van der Waals surface area contributed by atoms with Crippen molar-refractivity contribution in [2.75, 3.05) is 50.0 Å². The molecule has 0 spiro atoms. The van der Waals surface area contributed by atoms with Gasteiger partial charge in [-0.1, -0.05) is 0 Å². The number of nitrogen functional groups attached to an aromatic ring is 1. The van der Waals surface area contributed by atoms with Crippen LogP contribution in [-0.2, 0) is 9.84 Å². The third-order valence-electron chi connectivity index (χ3n) is 2.46. The fourth-order valence-corrected chi connectivity index (χ4v) is 4.01. The number of rotatable bonds is 6. The summed E-state index contributed by atoms with van der Waals surface area (Å²) < 4.78 is 22.2. The summed E-state index contributed by atoms with van der Waals surface area (Å²) in [7, 11) is 0.309. The highest BCUT2D eigenvalue weighted by molar-refractivity contribution is 7.99. The lowest BCUT2D eigenvalue weighted by molar-refractivity contribution is 0.0833. The van der Waals surface area contributed by atoms with Crippen molar-refractivity contribution in [1.29, 1.82) is 0 Å². The second-order valence-electron chi connectivity index (χ2n) is 4.46. The van der Waals surface area contributed by atoms with Gasteiger partial charge >= 0.3 is 0 Å². The van der Waals surface area contributed by atoms with Crippen molar-refractivity contribution in [2.24, 2.45) is 0 Å². The van der Waals surface area contributed by atoms with Crippen molar-refractivity contribution in [2.45, 2.75) is 4.90 Å². The Morgan fingerprint density at radius 2 is 2.05 bits per heavy atom. The summed E-state index contributed by atoms with van der Waals surface area (Å²) in [6.07, 6.45) is 3.05. The molecule has 0 aliphatic rings. The molecule has 6 nitrogen and oxygen atoms in total. The number of amides is 1. The van der Waals surface area contributed by atoms with E-state index in [1.54, 1.807) is 14.1 Å². The number of thioether (sulfide) groups is 1. The molecule has 0 radical (unpaired) electrons. The standard InChI is InChI=1S/C11H19N3O3S3/c1-14(2)11(15)9-7(12)8(18-3)10(19-9)13-5-6-20(4,16)17/h13H,5-6,12H2,1-4H3. The zero-order valence-electron chi connectivity index (χ0n) is 11.9. The molecule has 9 heteroatoms. The maximum Gasteiger partial charge on any atom is 0.265 e. The first kappa shape index (κ1) is 17.1. The maximum absolute atomic E-state index is 12.0. The average Bonchev–Trinajstić information content (AvgIpc) is 2.63. The minimum absolute atomic E-state index is 0.0373. The van der Waals surface area contributed by atoms with Crippen LogP contribution in [-0.4, -0.2) is 58.1 Å². The number of nitrogens with two attached hydrogens (primary N) is 1. The van der Waals surface area contributed by atoms with Gasteiger partial charge in [0.1, 0.15) is 19.7 Å². The summed E-state index contributed by atoms with van der Waals surface area (Å²) in [6, 6.07) is 0. The maximum atomic E-state index is 12.0. The van der Waals surface area contributed by atoms with Crippen molar-refractivity contribution < 1.29 is 13.2 Å². The number of sulfone groups is 1. The molecule has 1 rings (SSSR count). The fourth-order valence-electron chi connectivity index (χ4n) is 1.46. The third-order valence-corrected chi connectivity index (χ3v) is 5.52. The Morgan fingerprint density at radius 1 is 1.45 bits per heavy atom. The number of carbonyl (C=O) groups is 1. The lowest BCUT2D eigenvalue weighted by Crippen LogP contribution is -2.21. The molecular weight excluding hydrogens is 318 g/mol. The van der Waals surface area contributed by atoms with Gasteiger partial charge in [0.15, 0.2) is 0 Å². The van der Waals surface area contributed by atoms with E-state index in [9.17, 15) is 13.2 Å². The first-order valence-corrected chi connectivity index (χ1v) is 9.87. The van der Waals surface area contributed by atoms with E-state index < -0.39 is 9.84 Å². The van der Waals surface area contributed by atoms with E-state index >= 15 is 0 Å². The van der Waals surface area contributed by atoms with E-state index in [1.165, 1.54) is 34.3 Å². The number of thiophene rings is 1. The number of hydrogen-bond acceptors (Lipinski definition) is 7. The van der Waals surface area contributed by atoms with Crippen LogP contribution < -0.4 is 11.1 Å². The van der Waals surface area contributed by atoms with Crippen LogP contribution in [0.15, 0.2) is 4.90 Å². The highest BCUT2D eigenvalue weighted by atomic mass is 32.2. The molecule has 0 aromatic carbocycles. The summed E-state index contributed by atoms with van der Waals surface area (Å²) >= 11 is 2.69. The molecule has 114 valence electrons. The van der Waals surface area contributed by atoms with Crippen molar-refractivity contribution in [3.63, 3.8) is 0 Å². The van der Waals surface area contributed by atoms with Gasteiger partial charge in [0.2, 0.25) is 0 Å². The molecule has 20 heavy (non-hydrogen) atoms. The molecule has 0 bridgehead atoms. The van der Waals surface area contributed by atoms with Gasteiger partial charge in [-0.05, 0) is 6.26 Å². The molecule has 1 aromatic heterocycles. The molecular formula is C11H19N3O3S3. The number of carbonyl (C=O) groups excluding carboxylic acids is 1. The first-order valence-electron chi connectivity index (χ1n) is 5.77. The largest absolute Gasteiger partial charge is 0.396 e. The van der Waals surface area contributed by atoms with Gasteiger partial charge in [-0.2, -0.15) is 0 Å². The van der Waals surface area contributed by atoms with E-state index in [1.807, 2.05) is 6.26 Å². The molecule has 0 atom stereocenters. The SMILES string of the molecule is CSc1c(NCCS(C)(=O)=O)sc(C(=O)N(C)C)c1N. The van der Waals surface area contributed by atoms with E-state index in [-0.39, 0.29) is 11.7 Å². The summed E-state index contributed by atoms with van der Waals surface area (Å²) in [4.78, 5) is 14.7. The van der Waals surface area contributed by atoms with Crippen LogP contribution in [0.3, 0.4) is 0 Å². The predicted molar refractivity (Wildman–Crippen MR) is 86.7 cm³/mol. The van der Waals surface area contributed by atoms with Crippen LogP contribution in [0.4, 0.5) is 10.7 Å². The zero-order valence-corrected chi connectivity index (χ0v) is 14.3. The van der Waals surface area contributed by atoms with Gasteiger partial charge in [0, 0.05) is 26.9 Å². The van der Waals surface area contributed by atoms with Crippen molar-refractivity contribution in [3.8, 4) is 0 Å². The highest BCUT2D eigenvalue weighted by Crippen LogP contribution is 2.41. The van der Waals surface area contributed by atoms with Crippen LogP contribution in [0.25, 0.3) is 0 Å². The van der Waals surface area contributed by atoms with Crippen LogP contribution in [0.1, 0.15) is 9.67 Å². The zero-order chi connectivity index (χ0) is 15.5. The lowest BCUT2D eigenvalue weighted by atomic mass is 10.3. The number of nitrogens with one attached hydrogen (secondary N) is 1. The van der Waals surface area contributed by atoms with Gasteiger partial charge < -0.3 is 16.0 Å². The van der Waals surface area contributed by atoms with Crippen molar-refractivity contribution >= 4 is 49.5 Å². The molecule has 0 aliphatic heterocycles. The van der Waals surface area contributed by atoms with E-state index in [0.717, 1.165) is 9.90 Å². The Kier molecular flexibility index (Phi) is 5.72. The van der Waals surface area contributed by atoms with Gasteiger partial charge in [-0.25, -0.2) is 8.42 Å². The van der Waals surface area contributed by atoms with Crippen LogP contribution >= 0.6 is 23.1 Å². The minimum atomic E-state index is -3.02. The van der Waals surface area contributed by atoms with Gasteiger partial charge in [-0.15, -0.1) is 23.1 Å². The van der Waals surface area contributed by atoms with Crippen LogP contribution in [0, 0.1) is 0 Å².